The van der Waals surface area contributed by atoms with Crippen molar-refractivity contribution in [2.45, 2.75) is 12.8 Å². The Morgan fingerprint density at radius 1 is 1.29 bits per heavy atom. The third-order valence-electron chi connectivity index (χ3n) is 4.57. The van der Waals surface area contributed by atoms with Gasteiger partial charge in [0, 0.05) is 36.5 Å². The SMILES string of the molecule is CN(CC1CCN(c2ncnc3ccc(Br)cc23)CC1)S(C)(=O)=O. The van der Waals surface area contributed by atoms with Gasteiger partial charge in [0.05, 0.1) is 11.8 Å². The Balaban J connectivity index is 1.72. The molecule has 130 valence electrons. The second kappa shape index (κ2) is 6.93. The van der Waals surface area contributed by atoms with Crippen LogP contribution in [0.25, 0.3) is 10.9 Å². The van der Waals surface area contributed by atoms with E-state index in [2.05, 4.69) is 30.8 Å². The average molecular weight is 413 g/mol. The Kier molecular flexibility index (Phi) is 5.08. The van der Waals surface area contributed by atoms with Crippen LogP contribution in [0.15, 0.2) is 29.0 Å². The largest absolute Gasteiger partial charge is 0.356 e. The number of hydrogen-bond acceptors (Lipinski definition) is 5. The Hall–Kier alpha value is -1.25. The van der Waals surface area contributed by atoms with Gasteiger partial charge in [-0.2, -0.15) is 0 Å². The lowest BCUT2D eigenvalue weighted by Crippen LogP contribution is -2.39. The minimum Gasteiger partial charge on any atom is -0.356 e. The van der Waals surface area contributed by atoms with Crippen LogP contribution in [0.3, 0.4) is 0 Å². The summed E-state index contributed by atoms with van der Waals surface area (Å²) in [5.41, 5.74) is 0.933. The van der Waals surface area contributed by atoms with Crippen molar-refractivity contribution in [2.24, 2.45) is 5.92 Å². The van der Waals surface area contributed by atoms with Gasteiger partial charge in [-0.3, -0.25) is 0 Å². The first-order valence-electron chi connectivity index (χ1n) is 7.91. The molecule has 1 aromatic heterocycles. The van der Waals surface area contributed by atoms with Crippen LogP contribution < -0.4 is 4.90 Å². The third kappa shape index (κ3) is 3.87. The fraction of sp³-hybridized carbons (Fsp3) is 0.500. The van der Waals surface area contributed by atoms with Crippen molar-refractivity contribution in [3.8, 4) is 0 Å². The molecule has 24 heavy (non-hydrogen) atoms. The van der Waals surface area contributed by atoms with Gasteiger partial charge in [0.2, 0.25) is 10.0 Å². The monoisotopic (exact) mass is 412 g/mol. The molecule has 0 radical (unpaired) electrons. The zero-order chi connectivity index (χ0) is 17.3. The highest BCUT2D eigenvalue weighted by atomic mass is 79.9. The summed E-state index contributed by atoms with van der Waals surface area (Å²) in [6.45, 7) is 2.34. The van der Waals surface area contributed by atoms with Crippen LogP contribution >= 0.6 is 15.9 Å². The number of piperidine rings is 1. The number of fused-ring (bicyclic) bond motifs is 1. The number of benzene rings is 1. The highest BCUT2D eigenvalue weighted by Gasteiger charge is 2.24. The molecule has 2 heterocycles. The number of nitrogens with zero attached hydrogens (tertiary/aromatic N) is 4. The summed E-state index contributed by atoms with van der Waals surface area (Å²) >= 11 is 3.51. The summed E-state index contributed by atoms with van der Waals surface area (Å²) in [4.78, 5) is 11.1. The van der Waals surface area contributed by atoms with E-state index in [4.69, 9.17) is 0 Å². The van der Waals surface area contributed by atoms with Gasteiger partial charge in [-0.1, -0.05) is 15.9 Å². The van der Waals surface area contributed by atoms with E-state index in [9.17, 15) is 8.42 Å². The predicted octanol–water partition coefficient (Wildman–Crippen LogP) is 2.50. The minimum atomic E-state index is -3.11. The summed E-state index contributed by atoms with van der Waals surface area (Å²) in [5.74, 6) is 1.34. The second-order valence-corrected chi connectivity index (χ2v) is 9.34. The lowest BCUT2D eigenvalue weighted by molar-refractivity contribution is 0.329. The quantitative estimate of drug-likeness (QED) is 0.771. The summed E-state index contributed by atoms with van der Waals surface area (Å²) in [6.07, 6.45) is 4.78. The minimum absolute atomic E-state index is 0.390. The van der Waals surface area contributed by atoms with Gasteiger partial charge in [-0.15, -0.1) is 0 Å². The van der Waals surface area contributed by atoms with E-state index in [1.54, 1.807) is 13.4 Å². The molecule has 3 rings (SSSR count). The van der Waals surface area contributed by atoms with E-state index in [1.165, 1.54) is 10.6 Å². The van der Waals surface area contributed by atoms with Crippen molar-refractivity contribution in [2.75, 3.05) is 37.8 Å². The highest BCUT2D eigenvalue weighted by molar-refractivity contribution is 9.10. The van der Waals surface area contributed by atoms with Crippen LogP contribution in [0.2, 0.25) is 0 Å². The maximum absolute atomic E-state index is 11.6. The molecule has 0 spiro atoms. The van der Waals surface area contributed by atoms with Crippen LogP contribution in [0.5, 0.6) is 0 Å². The van der Waals surface area contributed by atoms with Crippen molar-refractivity contribution in [3.05, 3.63) is 29.0 Å². The standard InChI is InChI=1S/C16H21BrN4O2S/c1-20(24(2,22)23)10-12-5-7-21(8-6-12)16-14-9-13(17)3-4-15(14)18-11-19-16/h3-4,9,11-12H,5-8,10H2,1-2H3. The molecule has 8 heteroatoms. The van der Waals surface area contributed by atoms with Gasteiger partial charge < -0.3 is 4.90 Å². The van der Waals surface area contributed by atoms with Crippen LogP contribution in [0.1, 0.15) is 12.8 Å². The number of sulfonamides is 1. The second-order valence-electron chi connectivity index (χ2n) is 6.33. The lowest BCUT2D eigenvalue weighted by Gasteiger charge is -2.34. The van der Waals surface area contributed by atoms with Crippen molar-refractivity contribution in [3.63, 3.8) is 0 Å². The molecular weight excluding hydrogens is 392 g/mol. The molecule has 2 aromatic rings. The molecule has 0 saturated carbocycles. The molecule has 0 bridgehead atoms. The van der Waals surface area contributed by atoms with E-state index in [1.807, 2.05) is 18.2 Å². The maximum Gasteiger partial charge on any atom is 0.210 e. The molecule has 0 unspecified atom stereocenters. The van der Waals surface area contributed by atoms with E-state index in [-0.39, 0.29) is 0 Å². The topological polar surface area (TPSA) is 66.4 Å². The van der Waals surface area contributed by atoms with Crippen molar-refractivity contribution in [1.82, 2.24) is 14.3 Å². The molecule has 1 fully saturated rings. The number of halogens is 1. The molecule has 0 aliphatic carbocycles. The summed E-state index contributed by atoms with van der Waals surface area (Å²) in [5, 5.41) is 1.04. The van der Waals surface area contributed by atoms with E-state index in [0.717, 1.165) is 47.1 Å². The van der Waals surface area contributed by atoms with Crippen molar-refractivity contribution in [1.29, 1.82) is 0 Å². The number of rotatable bonds is 4. The zero-order valence-corrected chi connectivity index (χ0v) is 16.2. The van der Waals surface area contributed by atoms with Gasteiger partial charge in [-0.05, 0) is 37.0 Å². The van der Waals surface area contributed by atoms with Crippen LogP contribution in [-0.2, 0) is 10.0 Å². The predicted molar refractivity (Wildman–Crippen MR) is 99.6 cm³/mol. The number of hydrogen-bond donors (Lipinski definition) is 0. The first-order chi connectivity index (χ1) is 11.3. The Morgan fingerprint density at radius 2 is 2.00 bits per heavy atom. The van der Waals surface area contributed by atoms with Gasteiger partial charge in [0.15, 0.2) is 0 Å². The third-order valence-corrected chi connectivity index (χ3v) is 6.35. The zero-order valence-electron chi connectivity index (χ0n) is 13.8. The smallest absolute Gasteiger partial charge is 0.210 e. The molecule has 0 atom stereocenters. The summed E-state index contributed by atoms with van der Waals surface area (Å²) in [6, 6.07) is 6.01. The normalized spacial score (nSPS) is 16.9. The molecular formula is C16H21BrN4O2S. The number of anilines is 1. The average Bonchev–Trinajstić information content (AvgIpc) is 2.54. The van der Waals surface area contributed by atoms with Crippen molar-refractivity contribution < 1.29 is 8.42 Å². The molecule has 0 amide bonds. The van der Waals surface area contributed by atoms with Crippen LogP contribution in [0.4, 0.5) is 5.82 Å². The first kappa shape index (κ1) is 17.6. The van der Waals surface area contributed by atoms with E-state index < -0.39 is 10.0 Å². The summed E-state index contributed by atoms with van der Waals surface area (Å²) in [7, 11) is -1.46. The Labute approximate surface area is 151 Å². The van der Waals surface area contributed by atoms with Gasteiger partial charge in [0.25, 0.3) is 0 Å². The molecule has 6 nitrogen and oxygen atoms in total. The molecule has 1 aliphatic rings. The van der Waals surface area contributed by atoms with Crippen LogP contribution in [-0.4, -0.2) is 55.6 Å². The highest BCUT2D eigenvalue weighted by Crippen LogP contribution is 2.29. The number of aromatic nitrogens is 2. The first-order valence-corrected chi connectivity index (χ1v) is 10.6. The van der Waals surface area contributed by atoms with Crippen molar-refractivity contribution >= 4 is 42.7 Å². The van der Waals surface area contributed by atoms with E-state index >= 15 is 0 Å². The van der Waals surface area contributed by atoms with Gasteiger partial charge >= 0.3 is 0 Å². The van der Waals surface area contributed by atoms with Gasteiger partial charge in [0.1, 0.15) is 12.1 Å². The molecule has 1 saturated heterocycles. The Bertz CT molecular complexity index is 835. The fourth-order valence-corrected chi connectivity index (χ4v) is 3.94. The summed E-state index contributed by atoms with van der Waals surface area (Å²) < 4.78 is 25.6. The molecule has 0 N–H and O–H groups in total. The molecule has 1 aliphatic heterocycles. The molecule has 1 aromatic carbocycles. The fourth-order valence-electron chi connectivity index (χ4n) is 3.09. The van der Waals surface area contributed by atoms with Crippen LogP contribution in [0, 0.1) is 5.92 Å². The Morgan fingerprint density at radius 3 is 2.67 bits per heavy atom. The van der Waals surface area contributed by atoms with E-state index in [0.29, 0.717) is 12.5 Å². The maximum atomic E-state index is 11.6. The van der Waals surface area contributed by atoms with Gasteiger partial charge in [-0.25, -0.2) is 22.7 Å². The lowest BCUT2D eigenvalue weighted by atomic mass is 9.96.